The average molecular weight is 744 g/mol. The van der Waals surface area contributed by atoms with Gasteiger partial charge in [0.05, 0.1) is 0 Å². The number of hydrogen-bond donors (Lipinski definition) is 1. The van der Waals surface area contributed by atoms with Crippen molar-refractivity contribution in [3.63, 3.8) is 0 Å². The van der Waals surface area contributed by atoms with Gasteiger partial charge in [-0.3, -0.25) is 0 Å². The van der Waals surface area contributed by atoms with Gasteiger partial charge in [-0.1, -0.05) is 0 Å². The van der Waals surface area contributed by atoms with Crippen LogP contribution >= 0.6 is 0 Å². The third kappa shape index (κ3) is 19.9. The molecule has 0 atom stereocenters. The number of hydrogen-bond acceptors (Lipinski definition) is 10. The first kappa shape index (κ1) is 41.8. The second-order valence-corrected chi connectivity index (χ2v) is 49.5. The Morgan fingerprint density at radius 2 is 0.500 bits per heavy atom. The second kappa shape index (κ2) is 14.0. The van der Waals surface area contributed by atoms with Gasteiger partial charge in [0.15, 0.2) is 9.04 Å². The second-order valence-electron chi connectivity index (χ2n) is 14.6. The van der Waals surface area contributed by atoms with E-state index in [0.29, 0.717) is 0 Å². The van der Waals surface area contributed by atoms with E-state index in [1.807, 2.05) is 65.5 Å². The first-order chi connectivity index (χ1) is 17.1. The van der Waals surface area contributed by atoms with Crippen LogP contribution in [-0.2, 0) is 37.0 Å². The maximum atomic E-state index is 10.3. The van der Waals surface area contributed by atoms with Gasteiger partial charge in [0.25, 0.3) is 0 Å². The molecule has 242 valence electrons. The van der Waals surface area contributed by atoms with E-state index < -0.39 is 86.1 Å². The fourth-order valence-corrected chi connectivity index (χ4v) is 52.4. The van der Waals surface area contributed by atoms with Gasteiger partial charge in [-0.25, -0.2) is 0 Å². The molecule has 0 aliphatic heterocycles. The van der Waals surface area contributed by atoms with Crippen molar-refractivity contribution in [3.8, 4) is 0 Å². The van der Waals surface area contributed by atoms with Crippen molar-refractivity contribution in [2.24, 2.45) is 0 Å². The lowest BCUT2D eigenvalue weighted by Crippen LogP contribution is -2.62. The Hall–Kier alpha value is 1.77. The zero-order valence-electron chi connectivity index (χ0n) is 29.2. The third-order valence-electron chi connectivity index (χ3n) is 4.46. The van der Waals surface area contributed by atoms with E-state index in [2.05, 4.69) is 52.4 Å². The molecule has 0 bridgehead atoms. The van der Waals surface area contributed by atoms with Crippen LogP contribution in [0.15, 0.2) is 0 Å². The lowest BCUT2D eigenvalue weighted by molar-refractivity contribution is 0.255. The van der Waals surface area contributed by atoms with Crippen LogP contribution in [0.1, 0.15) is 0 Å². The van der Waals surface area contributed by atoms with Crippen molar-refractivity contribution in [3.05, 3.63) is 0 Å². The summed E-state index contributed by atoms with van der Waals surface area (Å²) in [5, 5.41) is 0. The van der Waals surface area contributed by atoms with Crippen LogP contribution < -0.4 is 0 Å². The van der Waals surface area contributed by atoms with Crippen LogP contribution in [0.4, 0.5) is 0 Å². The Bertz CT molecular complexity index is 814. The van der Waals surface area contributed by atoms with Crippen LogP contribution in [-0.4, -0.2) is 90.9 Å². The van der Waals surface area contributed by atoms with Crippen molar-refractivity contribution in [2.75, 3.05) is 0 Å². The summed E-state index contributed by atoms with van der Waals surface area (Å²) in [7, 11) is -24.5. The molecular weight excluding hydrogens is 681 g/mol. The summed E-state index contributed by atoms with van der Waals surface area (Å²) in [6.07, 6.45) is 0. The van der Waals surface area contributed by atoms with E-state index in [-0.39, 0.29) is 0 Å². The summed E-state index contributed by atoms with van der Waals surface area (Å²) >= 11 is 0. The van der Waals surface area contributed by atoms with Crippen molar-refractivity contribution < 1.29 is 41.8 Å². The molecule has 0 aliphatic rings. The highest BCUT2D eigenvalue weighted by atomic mass is 28.5. The summed E-state index contributed by atoms with van der Waals surface area (Å²) < 4.78 is 58.3. The molecule has 0 aromatic carbocycles. The quantitative estimate of drug-likeness (QED) is 0.158. The fourth-order valence-electron chi connectivity index (χ4n) is 5.48. The molecule has 0 saturated carbocycles. The minimum absolute atomic E-state index is 1.21. The lowest BCUT2D eigenvalue weighted by atomic mass is 11.9. The Labute approximate surface area is 257 Å². The van der Waals surface area contributed by atoms with Crippen LogP contribution in [0.25, 0.3) is 0 Å². The standard InChI is InChI=1S/C20H62O10Si10/c1-31(2)22-33(5,6)24-35(9,10)26-37(13,14)28-39(17,18)30-40(19,20)29-38(15,16)27-36(11,12)25-34(7,8)23-32(3,4)21/h21,31H,1-20H3. The Morgan fingerprint density at radius 1 is 0.325 bits per heavy atom. The molecular formula is C20H62O10Si10. The Kier molecular flexibility index (Phi) is 14.7. The molecule has 20 heteroatoms. The molecule has 0 unspecified atom stereocenters. The monoisotopic (exact) mass is 742 g/mol. The van der Waals surface area contributed by atoms with Crippen molar-refractivity contribution in [1.82, 2.24) is 0 Å². The van der Waals surface area contributed by atoms with E-state index in [1.165, 1.54) is 0 Å². The molecule has 40 heavy (non-hydrogen) atoms. The summed E-state index contributed by atoms with van der Waals surface area (Å²) in [5.74, 6) is 0. The van der Waals surface area contributed by atoms with Crippen LogP contribution in [0, 0.1) is 0 Å². The van der Waals surface area contributed by atoms with Crippen molar-refractivity contribution in [2.45, 2.75) is 131 Å². The van der Waals surface area contributed by atoms with Crippen LogP contribution in [0.5, 0.6) is 0 Å². The third-order valence-corrected chi connectivity index (χ3v) is 40.1. The number of rotatable bonds is 18. The molecule has 0 rings (SSSR count). The molecule has 0 amide bonds. The first-order valence-electron chi connectivity index (χ1n) is 14.1. The molecule has 0 spiro atoms. The Morgan fingerprint density at radius 3 is 0.675 bits per heavy atom. The van der Waals surface area contributed by atoms with Crippen molar-refractivity contribution >= 4 is 86.1 Å². The molecule has 0 aromatic rings. The van der Waals surface area contributed by atoms with Crippen LogP contribution in [0.3, 0.4) is 0 Å². The van der Waals surface area contributed by atoms with E-state index in [0.717, 1.165) is 0 Å². The predicted molar refractivity (Wildman–Crippen MR) is 188 cm³/mol. The van der Waals surface area contributed by atoms with Gasteiger partial charge >= 0.3 is 77.0 Å². The largest absolute Gasteiger partial charge is 0.440 e. The van der Waals surface area contributed by atoms with Gasteiger partial charge in [0, 0.05) is 0 Å². The predicted octanol–water partition coefficient (Wildman–Crippen LogP) is 6.43. The minimum Gasteiger partial charge on any atom is -0.440 e. The molecule has 0 saturated heterocycles. The van der Waals surface area contributed by atoms with Gasteiger partial charge in [-0.05, 0) is 131 Å². The zero-order chi connectivity index (χ0) is 32.4. The smallest absolute Gasteiger partial charge is 0.320 e. The van der Waals surface area contributed by atoms with E-state index in [1.54, 1.807) is 13.1 Å². The average Bonchev–Trinajstić information content (AvgIpc) is 2.39. The van der Waals surface area contributed by atoms with Gasteiger partial charge in [-0.2, -0.15) is 0 Å². The highest BCUT2D eigenvalue weighted by Gasteiger charge is 2.50. The molecule has 0 aliphatic carbocycles. The Balaban J connectivity index is 5.40. The van der Waals surface area contributed by atoms with E-state index in [9.17, 15) is 4.80 Å². The van der Waals surface area contributed by atoms with Gasteiger partial charge < -0.3 is 41.8 Å². The van der Waals surface area contributed by atoms with Crippen LogP contribution in [0.2, 0.25) is 131 Å². The maximum Gasteiger partial charge on any atom is 0.320 e. The molecule has 1 N–H and O–H groups in total. The summed E-state index contributed by atoms with van der Waals surface area (Å²) in [6.45, 7) is 40.4. The van der Waals surface area contributed by atoms with E-state index >= 15 is 0 Å². The summed E-state index contributed by atoms with van der Waals surface area (Å²) in [6, 6.07) is 0. The minimum atomic E-state index is -2.72. The molecule has 10 nitrogen and oxygen atoms in total. The fraction of sp³-hybridized carbons (Fsp3) is 1.00. The van der Waals surface area contributed by atoms with E-state index in [4.69, 9.17) is 37.0 Å². The molecule has 0 fully saturated rings. The highest BCUT2D eigenvalue weighted by molar-refractivity contribution is 6.92. The van der Waals surface area contributed by atoms with Gasteiger partial charge in [-0.15, -0.1) is 0 Å². The summed E-state index contributed by atoms with van der Waals surface area (Å²) in [4.78, 5) is 10.3. The highest BCUT2D eigenvalue weighted by Crippen LogP contribution is 2.30. The molecule has 0 radical (unpaired) electrons. The maximum absolute atomic E-state index is 10.3. The summed E-state index contributed by atoms with van der Waals surface area (Å²) in [5.41, 5.74) is 0. The topological polar surface area (TPSA) is 103 Å². The normalized spacial score (nSPS) is 15.8. The molecule has 0 heterocycles. The first-order valence-corrected chi connectivity index (χ1v) is 42.3. The van der Waals surface area contributed by atoms with Gasteiger partial charge in [0.1, 0.15) is 0 Å². The molecule has 0 aromatic heterocycles. The SMILES string of the molecule is C[SiH](C)O[Si](C)(C)O[Si](C)(C)O[Si](C)(C)O[Si](C)(C)O[Si](C)(C)O[Si](C)(C)O[Si](C)(C)O[Si](C)(C)O[Si](C)(C)O. The van der Waals surface area contributed by atoms with Crippen molar-refractivity contribution in [1.29, 1.82) is 0 Å². The lowest BCUT2D eigenvalue weighted by Gasteiger charge is -2.44. The zero-order valence-corrected chi connectivity index (χ0v) is 39.4. The van der Waals surface area contributed by atoms with Gasteiger partial charge in [0.2, 0.25) is 0 Å².